The molecule has 1 unspecified atom stereocenters. The summed E-state index contributed by atoms with van der Waals surface area (Å²) < 4.78 is 0. The number of ketones is 1. The summed E-state index contributed by atoms with van der Waals surface area (Å²) in [6, 6.07) is 7.91. The second kappa shape index (κ2) is 14.5. The molecule has 0 bridgehead atoms. The van der Waals surface area contributed by atoms with Crippen LogP contribution in [0.2, 0.25) is 0 Å². The molecule has 1 aromatic carbocycles. The third kappa shape index (κ3) is 11.1. The summed E-state index contributed by atoms with van der Waals surface area (Å²) in [4.78, 5) is 11.0. The van der Waals surface area contributed by atoms with E-state index in [0.717, 1.165) is 12.0 Å². The lowest BCUT2D eigenvalue weighted by atomic mass is 9.97. The minimum absolute atomic E-state index is 0.135. The molecule has 1 nitrogen and oxygen atoms in total. The van der Waals surface area contributed by atoms with Crippen molar-refractivity contribution in [2.24, 2.45) is 0 Å². The minimum Gasteiger partial charge on any atom is -0.295 e. The lowest BCUT2D eigenvalue weighted by Gasteiger charge is -2.08. The van der Waals surface area contributed by atoms with Crippen LogP contribution < -0.4 is 0 Å². The third-order valence-electron chi connectivity index (χ3n) is 4.46. The molecule has 0 saturated heterocycles. The zero-order valence-corrected chi connectivity index (χ0v) is 16.2. The summed E-state index contributed by atoms with van der Waals surface area (Å²) in [5.41, 5.74) is 2.11. The Hall–Kier alpha value is -1.11. The molecule has 132 valence electrons. The summed E-state index contributed by atoms with van der Waals surface area (Å²) in [6.07, 6.45) is 12.6. The van der Waals surface area contributed by atoms with Crippen molar-refractivity contribution in [2.75, 3.05) is 0 Å². The van der Waals surface area contributed by atoms with Crippen molar-refractivity contribution in [3.05, 3.63) is 35.4 Å². The Morgan fingerprint density at radius 1 is 0.826 bits per heavy atom. The number of unbranched alkanes of at least 4 members (excludes halogenated alkanes) is 7. The van der Waals surface area contributed by atoms with Crippen molar-refractivity contribution in [3.63, 3.8) is 0 Å². The van der Waals surface area contributed by atoms with Crippen LogP contribution in [0.4, 0.5) is 0 Å². The van der Waals surface area contributed by atoms with Gasteiger partial charge in [-0.1, -0.05) is 103 Å². The Morgan fingerprint density at radius 3 is 1.61 bits per heavy atom. The first-order valence-electron chi connectivity index (χ1n) is 9.67. The van der Waals surface area contributed by atoms with Crippen molar-refractivity contribution in [1.29, 1.82) is 0 Å². The number of benzene rings is 1. The van der Waals surface area contributed by atoms with Gasteiger partial charge in [-0.25, -0.2) is 0 Å². The van der Waals surface area contributed by atoms with Crippen LogP contribution in [0.1, 0.15) is 114 Å². The second-order valence-electron chi connectivity index (χ2n) is 6.61. The molecule has 1 rings (SSSR count). The van der Waals surface area contributed by atoms with Crippen molar-refractivity contribution in [3.8, 4) is 0 Å². The van der Waals surface area contributed by atoms with Gasteiger partial charge < -0.3 is 0 Å². The lowest BCUT2D eigenvalue weighted by Crippen LogP contribution is -1.94. The van der Waals surface area contributed by atoms with E-state index in [0.29, 0.717) is 5.92 Å². The molecule has 23 heavy (non-hydrogen) atoms. The number of rotatable bonds is 10. The molecule has 1 heteroatoms. The molecule has 0 aromatic heterocycles. The Labute approximate surface area is 144 Å². The highest BCUT2D eigenvalue weighted by atomic mass is 16.1. The second-order valence-corrected chi connectivity index (χ2v) is 6.61. The van der Waals surface area contributed by atoms with E-state index in [1.165, 1.54) is 56.9 Å². The summed E-state index contributed by atoms with van der Waals surface area (Å²) in [5.74, 6) is 0.719. The van der Waals surface area contributed by atoms with E-state index >= 15 is 0 Å². The molecule has 0 amide bonds. The molecule has 0 fully saturated rings. The van der Waals surface area contributed by atoms with Crippen molar-refractivity contribution < 1.29 is 4.79 Å². The zero-order valence-electron chi connectivity index (χ0n) is 16.2. The van der Waals surface area contributed by atoms with Gasteiger partial charge in [0.2, 0.25) is 0 Å². The average molecular weight is 319 g/mol. The van der Waals surface area contributed by atoms with Gasteiger partial charge in [0.1, 0.15) is 0 Å². The first-order chi connectivity index (χ1) is 11.1. The van der Waals surface area contributed by atoms with E-state index in [4.69, 9.17) is 0 Å². The third-order valence-corrected chi connectivity index (χ3v) is 4.46. The number of hydrogen-bond acceptors (Lipinski definition) is 1. The van der Waals surface area contributed by atoms with Crippen molar-refractivity contribution >= 4 is 5.78 Å². The molecule has 0 radical (unpaired) electrons. The van der Waals surface area contributed by atoms with Gasteiger partial charge in [-0.2, -0.15) is 0 Å². The first-order valence-corrected chi connectivity index (χ1v) is 9.67. The van der Waals surface area contributed by atoms with Gasteiger partial charge in [-0.05, 0) is 24.8 Å². The topological polar surface area (TPSA) is 17.1 Å². The van der Waals surface area contributed by atoms with Crippen LogP contribution in [-0.2, 0) is 0 Å². The van der Waals surface area contributed by atoms with Crippen LogP contribution in [0.15, 0.2) is 24.3 Å². The predicted molar refractivity (Wildman–Crippen MR) is 103 cm³/mol. The SMILES string of the molecule is CCC(C)c1ccc(C(C)=O)cc1.CCCCCCCCCC. The van der Waals surface area contributed by atoms with Gasteiger partial charge >= 0.3 is 0 Å². The van der Waals surface area contributed by atoms with Crippen LogP contribution in [-0.4, -0.2) is 5.78 Å². The Morgan fingerprint density at radius 2 is 1.26 bits per heavy atom. The van der Waals surface area contributed by atoms with Crippen molar-refractivity contribution in [2.45, 2.75) is 98.3 Å². The molecule has 0 spiro atoms. The predicted octanol–water partition coefficient (Wildman–Crippen LogP) is 7.55. The van der Waals surface area contributed by atoms with E-state index in [9.17, 15) is 4.79 Å². The maximum Gasteiger partial charge on any atom is 0.159 e. The summed E-state index contributed by atoms with van der Waals surface area (Å²) >= 11 is 0. The molecule has 0 N–H and O–H groups in total. The standard InChI is InChI=1S/C12H16O.C10H22/c1-4-9(2)11-5-7-12(8-6-11)10(3)13;1-3-5-7-9-10-8-6-4-2/h5-9H,4H2,1-3H3;3-10H2,1-2H3. The van der Waals surface area contributed by atoms with Gasteiger partial charge in [0, 0.05) is 5.56 Å². The Kier molecular flexibility index (Phi) is 13.8. The molecular formula is C22H38O. The Bertz CT molecular complexity index is 383. The smallest absolute Gasteiger partial charge is 0.159 e. The maximum atomic E-state index is 11.0. The average Bonchev–Trinajstić information content (AvgIpc) is 2.58. The summed E-state index contributed by atoms with van der Waals surface area (Å²) in [5, 5.41) is 0. The van der Waals surface area contributed by atoms with E-state index in [-0.39, 0.29) is 5.78 Å². The highest BCUT2D eigenvalue weighted by Gasteiger charge is 2.03. The quantitative estimate of drug-likeness (QED) is 0.321. The van der Waals surface area contributed by atoms with Gasteiger partial charge in [-0.3, -0.25) is 4.79 Å². The number of carbonyl (C=O) groups is 1. The lowest BCUT2D eigenvalue weighted by molar-refractivity contribution is 0.101. The van der Waals surface area contributed by atoms with Crippen LogP contribution in [0.5, 0.6) is 0 Å². The molecule has 0 aliphatic heterocycles. The normalized spacial score (nSPS) is 11.5. The molecule has 0 heterocycles. The van der Waals surface area contributed by atoms with E-state index in [2.05, 4.69) is 27.7 Å². The molecule has 1 aromatic rings. The van der Waals surface area contributed by atoms with Gasteiger partial charge in [0.25, 0.3) is 0 Å². The zero-order chi connectivity index (χ0) is 17.5. The molecular weight excluding hydrogens is 280 g/mol. The number of Topliss-reactive ketones (excluding diaryl/α,β-unsaturated/α-hetero) is 1. The highest BCUT2D eigenvalue weighted by molar-refractivity contribution is 5.94. The van der Waals surface area contributed by atoms with Crippen LogP contribution in [0.3, 0.4) is 0 Å². The minimum atomic E-state index is 0.135. The van der Waals surface area contributed by atoms with Crippen LogP contribution in [0, 0.1) is 0 Å². The molecule has 0 aliphatic carbocycles. The van der Waals surface area contributed by atoms with Crippen molar-refractivity contribution in [1.82, 2.24) is 0 Å². The fourth-order valence-corrected chi connectivity index (χ4v) is 2.49. The first kappa shape index (κ1) is 21.9. The van der Waals surface area contributed by atoms with Gasteiger partial charge in [0.15, 0.2) is 5.78 Å². The fourth-order valence-electron chi connectivity index (χ4n) is 2.49. The van der Waals surface area contributed by atoms with E-state index in [1.807, 2.05) is 24.3 Å². The largest absolute Gasteiger partial charge is 0.295 e. The van der Waals surface area contributed by atoms with Crippen LogP contribution >= 0.6 is 0 Å². The van der Waals surface area contributed by atoms with Gasteiger partial charge in [0.05, 0.1) is 0 Å². The fraction of sp³-hybridized carbons (Fsp3) is 0.682. The number of carbonyl (C=O) groups excluding carboxylic acids is 1. The summed E-state index contributed by atoms with van der Waals surface area (Å²) in [6.45, 7) is 10.5. The van der Waals surface area contributed by atoms with Gasteiger partial charge in [-0.15, -0.1) is 0 Å². The maximum absolute atomic E-state index is 11.0. The molecule has 0 saturated carbocycles. The molecule has 0 aliphatic rings. The Balaban J connectivity index is 0.000000438. The monoisotopic (exact) mass is 318 g/mol. The van der Waals surface area contributed by atoms with Crippen LogP contribution in [0.25, 0.3) is 0 Å². The van der Waals surface area contributed by atoms with E-state index in [1.54, 1.807) is 6.92 Å². The summed E-state index contributed by atoms with van der Waals surface area (Å²) in [7, 11) is 0. The number of hydrogen-bond donors (Lipinski definition) is 0. The van der Waals surface area contributed by atoms with E-state index < -0.39 is 0 Å². The highest BCUT2D eigenvalue weighted by Crippen LogP contribution is 2.18. The molecule has 1 atom stereocenters.